The van der Waals surface area contributed by atoms with Crippen molar-refractivity contribution in [2.45, 2.75) is 38.6 Å². The van der Waals surface area contributed by atoms with Gasteiger partial charge >= 0.3 is 0 Å². The van der Waals surface area contributed by atoms with Gasteiger partial charge in [0.1, 0.15) is 5.75 Å². The van der Waals surface area contributed by atoms with Gasteiger partial charge in [-0.25, -0.2) is 0 Å². The summed E-state index contributed by atoms with van der Waals surface area (Å²) in [4.78, 5) is 0. The lowest BCUT2D eigenvalue weighted by Gasteiger charge is -2.13. The van der Waals surface area contributed by atoms with E-state index in [1.54, 1.807) is 0 Å². The molecule has 0 atom stereocenters. The van der Waals surface area contributed by atoms with Gasteiger partial charge in [0.2, 0.25) is 0 Å². The molecule has 1 aliphatic rings. The van der Waals surface area contributed by atoms with Gasteiger partial charge in [0, 0.05) is 12.1 Å². The van der Waals surface area contributed by atoms with E-state index in [2.05, 4.69) is 23.5 Å². The first-order valence-corrected chi connectivity index (χ1v) is 6.75. The summed E-state index contributed by atoms with van der Waals surface area (Å²) in [5.74, 6) is 1.95. The van der Waals surface area contributed by atoms with Gasteiger partial charge in [0.25, 0.3) is 0 Å². The molecule has 17 heavy (non-hydrogen) atoms. The molecule has 1 fully saturated rings. The number of para-hydroxylation sites is 1. The number of ether oxygens (including phenoxy) is 1. The number of rotatable bonds is 6. The second-order valence-corrected chi connectivity index (χ2v) is 4.93. The summed E-state index contributed by atoms with van der Waals surface area (Å²) in [6.07, 6.45) is 6.86. The standard InChI is InChI=1S/C15H23NO/c1-16-12-14-8-4-5-9-15(14)17-11-10-13-6-2-3-7-13/h4-5,8-9,13,16H,2-3,6-7,10-12H2,1H3. The van der Waals surface area contributed by atoms with Crippen LogP contribution in [0.1, 0.15) is 37.7 Å². The molecule has 1 saturated carbocycles. The van der Waals surface area contributed by atoms with Crippen molar-refractivity contribution in [3.63, 3.8) is 0 Å². The van der Waals surface area contributed by atoms with Crippen molar-refractivity contribution in [2.75, 3.05) is 13.7 Å². The van der Waals surface area contributed by atoms with Crippen molar-refractivity contribution in [1.82, 2.24) is 5.32 Å². The molecule has 0 radical (unpaired) electrons. The molecular formula is C15H23NO. The van der Waals surface area contributed by atoms with Crippen LogP contribution in [0.5, 0.6) is 5.75 Å². The molecule has 0 spiro atoms. The molecule has 1 aromatic carbocycles. The van der Waals surface area contributed by atoms with Gasteiger partial charge in [0.15, 0.2) is 0 Å². The number of benzene rings is 1. The smallest absolute Gasteiger partial charge is 0.123 e. The van der Waals surface area contributed by atoms with Crippen molar-refractivity contribution < 1.29 is 4.74 Å². The van der Waals surface area contributed by atoms with Crippen LogP contribution in [0.25, 0.3) is 0 Å². The Hall–Kier alpha value is -1.02. The number of hydrogen-bond acceptors (Lipinski definition) is 2. The van der Waals surface area contributed by atoms with E-state index in [1.807, 2.05) is 13.1 Å². The average molecular weight is 233 g/mol. The largest absolute Gasteiger partial charge is 0.493 e. The van der Waals surface area contributed by atoms with Crippen LogP contribution in [0, 0.1) is 5.92 Å². The van der Waals surface area contributed by atoms with Crippen LogP contribution in [0.2, 0.25) is 0 Å². The Kier molecular flexibility index (Phi) is 4.87. The molecular weight excluding hydrogens is 210 g/mol. The quantitative estimate of drug-likeness (QED) is 0.813. The highest BCUT2D eigenvalue weighted by Crippen LogP contribution is 2.28. The predicted octanol–water partition coefficient (Wildman–Crippen LogP) is 3.37. The highest BCUT2D eigenvalue weighted by atomic mass is 16.5. The van der Waals surface area contributed by atoms with E-state index in [4.69, 9.17) is 4.74 Å². The van der Waals surface area contributed by atoms with Crippen molar-refractivity contribution in [3.8, 4) is 5.75 Å². The SMILES string of the molecule is CNCc1ccccc1OCCC1CCCC1. The Morgan fingerprint density at radius 1 is 1.24 bits per heavy atom. The summed E-state index contributed by atoms with van der Waals surface area (Å²) in [5, 5.41) is 3.18. The van der Waals surface area contributed by atoms with E-state index in [-0.39, 0.29) is 0 Å². The molecule has 0 heterocycles. The molecule has 0 aliphatic heterocycles. The minimum atomic E-state index is 0.866. The van der Waals surface area contributed by atoms with Gasteiger partial charge in [-0.15, -0.1) is 0 Å². The normalized spacial score (nSPS) is 16.3. The molecule has 2 nitrogen and oxygen atoms in total. The number of nitrogens with one attached hydrogen (secondary N) is 1. The van der Waals surface area contributed by atoms with Gasteiger partial charge in [-0.05, 0) is 25.5 Å². The van der Waals surface area contributed by atoms with Crippen LogP contribution >= 0.6 is 0 Å². The lowest BCUT2D eigenvalue weighted by molar-refractivity contribution is 0.276. The third-order valence-corrected chi connectivity index (χ3v) is 3.60. The summed E-state index contributed by atoms with van der Waals surface area (Å²) in [7, 11) is 1.97. The number of hydrogen-bond donors (Lipinski definition) is 1. The van der Waals surface area contributed by atoms with E-state index in [9.17, 15) is 0 Å². The summed E-state index contributed by atoms with van der Waals surface area (Å²) >= 11 is 0. The maximum atomic E-state index is 5.91. The first-order valence-electron chi connectivity index (χ1n) is 6.75. The lowest BCUT2D eigenvalue weighted by Crippen LogP contribution is -2.09. The average Bonchev–Trinajstić information content (AvgIpc) is 2.85. The van der Waals surface area contributed by atoms with Crippen LogP contribution in [0.15, 0.2) is 24.3 Å². The zero-order valence-corrected chi connectivity index (χ0v) is 10.7. The summed E-state index contributed by atoms with van der Waals surface area (Å²) in [5.41, 5.74) is 1.25. The van der Waals surface area contributed by atoms with E-state index < -0.39 is 0 Å². The first kappa shape index (κ1) is 12.4. The van der Waals surface area contributed by atoms with Gasteiger partial charge in [-0.2, -0.15) is 0 Å². The van der Waals surface area contributed by atoms with Crippen molar-refractivity contribution >= 4 is 0 Å². The van der Waals surface area contributed by atoms with Crippen LogP contribution in [-0.2, 0) is 6.54 Å². The summed E-state index contributed by atoms with van der Waals surface area (Å²) in [6, 6.07) is 8.31. The Bertz CT molecular complexity index is 331. The summed E-state index contributed by atoms with van der Waals surface area (Å²) < 4.78 is 5.91. The topological polar surface area (TPSA) is 21.3 Å². The molecule has 1 aromatic rings. The fourth-order valence-corrected chi connectivity index (χ4v) is 2.62. The fourth-order valence-electron chi connectivity index (χ4n) is 2.62. The monoisotopic (exact) mass is 233 g/mol. The first-order chi connectivity index (χ1) is 8.40. The van der Waals surface area contributed by atoms with Gasteiger partial charge in [-0.1, -0.05) is 43.9 Å². The van der Waals surface area contributed by atoms with Crippen LogP contribution in [0.3, 0.4) is 0 Å². The molecule has 0 saturated heterocycles. The Morgan fingerprint density at radius 3 is 2.76 bits per heavy atom. The van der Waals surface area contributed by atoms with Gasteiger partial charge in [0.05, 0.1) is 6.61 Å². The lowest BCUT2D eigenvalue weighted by atomic mass is 10.1. The Labute approximate surface area is 104 Å². The van der Waals surface area contributed by atoms with E-state index >= 15 is 0 Å². The third-order valence-electron chi connectivity index (χ3n) is 3.60. The zero-order valence-electron chi connectivity index (χ0n) is 10.7. The highest BCUT2D eigenvalue weighted by Gasteiger charge is 2.14. The van der Waals surface area contributed by atoms with Crippen molar-refractivity contribution in [1.29, 1.82) is 0 Å². The molecule has 0 bridgehead atoms. The van der Waals surface area contributed by atoms with Crippen LogP contribution in [-0.4, -0.2) is 13.7 Å². The second-order valence-electron chi connectivity index (χ2n) is 4.93. The maximum Gasteiger partial charge on any atom is 0.123 e. The second kappa shape index (κ2) is 6.65. The van der Waals surface area contributed by atoms with E-state index in [0.717, 1.165) is 24.8 Å². The van der Waals surface area contributed by atoms with Crippen molar-refractivity contribution in [3.05, 3.63) is 29.8 Å². The van der Waals surface area contributed by atoms with E-state index in [1.165, 1.54) is 37.7 Å². The molecule has 0 aromatic heterocycles. The molecule has 1 N–H and O–H groups in total. The maximum absolute atomic E-state index is 5.91. The molecule has 0 unspecified atom stereocenters. The third kappa shape index (κ3) is 3.74. The van der Waals surface area contributed by atoms with Crippen LogP contribution < -0.4 is 10.1 Å². The Balaban J connectivity index is 1.80. The molecule has 2 rings (SSSR count). The highest BCUT2D eigenvalue weighted by molar-refractivity contribution is 5.33. The fraction of sp³-hybridized carbons (Fsp3) is 0.600. The molecule has 94 valence electrons. The van der Waals surface area contributed by atoms with Gasteiger partial charge < -0.3 is 10.1 Å². The van der Waals surface area contributed by atoms with E-state index in [0.29, 0.717) is 0 Å². The Morgan fingerprint density at radius 2 is 2.00 bits per heavy atom. The summed E-state index contributed by atoms with van der Waals surface area (Å²) in [6.45, 7) is 1.74. The molecule has 2 heteroatoms. The van der Waals surface area contributed by atoms with Gasteiger partial charge in [-0.3, -0.25) is 0 Å². The molecule has 0 amide bonds. The minimum Gasteiger partial charge on any atom is -0.493 e. The van der Waals surface area contributed by atoms with Crippen LogP contribution in [0.4, 0.5) is 0 Å². The van der Waals surface area contributed by atoms with Crippen molar-refractivity contribution in [2.24, 2.45) is 5.92 Å². The zero-order chi connectivity index (χ0) is 11.9. The molecule has 1 aliphatic carbocycles. The predicted molar refractivity (Wildman–Crippen MR) is 71.3 cm³/mol. The minimum absolute atomic E-state index is 0.866.